The summed E-state index contributed by atoms with van der Waals surface area (Å²) in [5, 5.41) is 9.10. The highest BCUT2D eigenvalue weighted by Gasteiger charge is 2.29. The van der Waals surface area contributed by atoms with E-state index in [-0.39, 0.29) is 5.91 Å². The van der Waals surface area contributed by atoms with E-state index in [1.807, 2.05) is 0 Å². The van der Waals surface area contributed by atoms with E-state index in [1.165, 1.54) is 11.8 Å². The van der Waals surface area contributed by atoms with E-state index in [0.717, 1.165) is 5.69 Å². The number of rotatable bonds is 3. The summed E-state index contributed by atoms with van der Waals surface area (Å²) in [4.78, 5) is 23.8. The van der Waals surface area contributed by atoms with Crippen LogP contribution in [0.3, 0.4) is 0 Å². The summed E-state index contributed by atoms with van der Waals surface area (Å²) in [5.74, 6) is -0.930. The molecule has 0 spiro atoms. The minimum atomic E-state index is -0.923. The number of amides is 1. The van der Waals surface area contributed by atoms with Gasteiger partial charge in [-0.25, -0.2) is 0 Å². The zero-order valence-corrected chi connectivity index (χ0v) is 10.5. The highest BCUT2D eigenvalue weighted by atomic mass is 16.4. The maximum atomic E-state index is 11.2. The Bertz CT molecular complexity index is 434. The molecule has 0 unspecified atom stereocenters. The highest BCUT2D eigenvalue weighted by Crippen LogP contribution is 2.25. The Balaban J connectivity index is 3.04. The fourth-order valence-corrected chi connectivity index (χ4v) is 1.41. The summed E-state index contributed by atoms with van der Waals surface area (Å²) in [7, 11) is 1.68. The molecule has 0 fully saturated rings. The molecule has 0 aliphatic heterocycles. The summed E-state index contributed by atoms with van der Waals surface area (Å²) in [5.41, 5.74) is 0.543. The fourth-order valence-electron chi connectivity index (χ4n) is 1.41. The van der Waals surface area contributed by atoms with E-state index < -0.39 is 11.4 Å². The lowest BCUT2D eigenvalue weighted by Crippen LogP contribution is -2.28. The number of anilines is 1. The Morgan fingerprint density at radius 3 is 2.00 bits per heavy atom. The van der Waals surface area contributed by atoms with Crippen molar-refractivity contribution in [1.29, 1.82) is 0 Å². The van der Waals surface area contributed by atoms with Gasteiger partial charge in [0.05, 0.1) is 5.41 Å². The Labute approximate surface area is 101 Å². The Hall–Kier alpha value is -1.84. The van der Waals surface area contributed by atoms with Gasteiger partial charge in [0, 0.05) is 19.7 Å². The van der Waals surface area contributed by atoms with Gasteiger partial charge in [0.15, 0.2) is 0 Å². The third-order valence-electron chi connectivity index (χ3n) is 2.98. The Morgan fingerprint density at radius 1 is 1.18 bits per heavy atom. The minimum Gasteiger partial charge on any atom is -0.481 e. The van der Waals surface area contributed by atoms with Crippen molar-refractivity contribution >= 4 is 17.6 Å². The molecule has 92 valence electrons. The van der Waals surface area contributed by atoms with E-state index in [1.54, 1.807) is 45.2 Å². The molecular formula is C13H17NO3. The van der Waals surface area contributed by atoms with Gasteiger partial charge >= 0.3 is 5.97 Å². The second-order valence-corrected chi connectivity index (χ2v) is 4.56. The predicted molar refractivity (Wildman–Crippen MR) is 66.2 cm³/mol. The molecule has 0 aromatic heterocycles. The molecule has 1 rings (SSSR count). The molecular weight excluding hydrogens is 218 g/mol. The summed E-state index contributed by atoms with van der Waals surface area (Å²) in [6, 6.07) is 6.98. The number of carbonyl (C=O) groups excluding carboxylic acids is 1. The van der Waals surface area contributed by atoms with Crippen LogP contribution in [-0.2, 0) is 15.0 Å². The largest absolute Gasteiger partial charge is 0.481 e. The first-order valence-corrected chi connectivity index (χ1v) is 5.35. The average Bonchev–Trinajstić information content (AvgIpc) is 2.27. The molecule has 17 heavy (non-hydrogen) atoms. The van der Waals surface area contributed by atoms with E-state index in [2.05, 4.69) is 0 Å². The van der Waals surface area contributed by atoms with Gasteiger partial charge in [0.2, 0.25) is 5.91 Å². The number of nitrogens with zero attached hydrogens (tertiary/aromatic N) is 1. The maximum Gasteiger partial charge on any atom is 0.313 e. The van der Waals surface area contributed by atoms with E-state index in [0.29, 0.717) is 5.56 Å². The van der Waals surface area contributed by atoms with Gasteiger partial charge in [0.25, 0.3) is 0 Å². The van der Waals surface area contributed by atoms with E-state index in [4.69, 9.17) is 5.11 Å². The molecule has 0 saturated heterocycles. The quantitative estimate of drug-likeness (QED) is 0.872. The fraction of sp³-hybridized carbons (Fsp3) is 0.385. The molecule has 1 aromatic carbocycles. The predicted octanol–water partition coefficient (Wildman–Crippen LogP) is 2.03. The van der Waals surface area contributed by atoms with Gasteiger partial charge < -0.3 is 10.0 Å². The van der Waals surface area contributed by atoms with Crippen molar-refractivity contribution in [2.75, 3.05) is 11.9 Å². The molecule has 0 bridgehead atoms. The lowest BCUT2D eigenvalue weighted by Gasteiger charge is -2.21. The average molecular weight is 235 g/mol. The van der Waals surface area contributed by atoms with Crippen LogP contribution in [0.15, 0.2) is 24.3 Å². The monoisotopic (exact) mass is 235 g/mol. The highest BCUT2D eigenvalue weighted by molar-refractivity contribution is 5.91. The number of carboxylic acid groups (broad SMARTS) is 1. The maximum absolute atomic E-state index is 11.2. The normalized spacial score (nSPS) is 11.1. The third kappa shape index (κ3) is 2.64. The van der Waals surface area contributed by atoms with Crippen LogP contribution < -0.4 is 4.90 Å². The SMILES string of the molecule is CC(=O)N(C)c1ccc(C(C)(C)C(=O)O)cc1. The van der Waals surface area contributed by atoms with Crippen molar-refractivity contribution in [3.8, 4) is 0 Å². The third-order valence-corrected chi connectivity index (χ3v) is 2.98. The molecule has 0 saturated carbocycles. The van der Waals surface area contributed by atoms with Crippen molar-refractivity contribution in [2.45, 2.75) is 26.2 Å². The second-order valence-electron chi connectivity index (χ2n) is 4.56. The first-order valence-electron chi connectivity index (χ1n) is 5.35. The second kappa shape index (κ2) is 4.57. The summed E-state index contributed by atoms with van der Waals surface area (Å²) >= 11 is 0. The van der Waals surface area contributed by atoms with E-state index in [9.17, 15) is 9.59 Å². The first-order chi connectivity index (χ1) is 7.76. The molecule has 0 aliphatic rings. The van der Waals surface area contributed by atoms with Crippen molar-refractivity contribution in [1.82, 2.24) is 0 Å². The van der Waals surface area contributed by atoms with Crippen molar-refractivity contribution < 1.29 is 14.7 Å². The number of aliphatic carboxylic acids is 1. The summed E-state index contributed by atoms with van der Waals surface area (Å²) in [6.45, 7) is 4.78. The van der Waals surface area contributed by atoms with Crippen LogP contribution in [0, 0.1) is 0 Å². The van der Waals surface area contributed by atoms with Crippen molar-refractivity contribution in [2.24, 2.45) is 0 Å². The van der Waals surface area contributed by atoms with Gasteiger partial charge in [0.1, 0.15) is 0 Å². The van der Waals surface area contributed by atoms with Crippen LogP contribution >= 0.6 is 0 Å². The first kappa shape index (κ1) is 13.2. The van der Waals surface area contributed by atoms with Crippen LogP contribution in [0.25, 0.3) is 0 Å². The van der Waals surface area contributed by atoms with Gasteiger partial charge in [-0.3, -0.25) is 9.59 Å². The molecule has 0 aliphatic carbocycles. The Morgan fingerprint density at radius 2 is 1.65 bits per heavy atom. The van der Waals surface area contributed by atoms with Crippen LogP contribution in [-0.4, -0.2) is 24.0 Å². The van der Waals surface area contributed by atoms with Crippen LogP contribution in [0.5, 0.6) is 0 Å². The number of carbonyl (C=O) groups is 2. The van der Waals surface area contributed by atoms with Crippen LogP contribution in [0.4, 0.5) is 5.69 Å². The zero-order chi connectivity index (χ0) is 13.2. The van der Waals surface area contributed by atoms with Crippen LogP contribution in [0.1, 0.15) is 26.3 Å². The Kier molecular flexibility index (Phi) is 3.56. The van der Waals surface area contributed by atoms with Gasteiger partial charge in [-0.2, -0.15) is 0 Å². The van der Waals surface area contributed by atoms with Crippen LogP contribution in [0.2, 0.25) is 0 Å². The molecule has 1 amide bonds. The van der Waals surface area contributed by atoms with Crippen molar-refractivity contribution in [3.63, 3.8) is 0 Å². The van der Waals surface area contributed by atoms with Gasteiger partial charge in [-0.05, 0) is 31.5 Å². The lowest BCUT2D eigenvalue weighted by atomic mass is 9.85. The smallest absolute Gasteiger partial charge is 0.313 e. The number of hydrogen-bond donors (Lipinski definition) is 1. The molecule has 1 N–H and O–H groups in total. The topological polar surface area (TPSA) is 57.6 Å². The number of hydrogen-bond acceptors (Lipinski definition) is 2. The number of carboxylic acids is 1. The zero-order valence-electron chi connectivity index (χ0n) is 10.5. The molecule has 0 radical (unpaired) electrons. The van der Waals surface area contributed by atoms with Gasteiger partial charge in [-0.1, -0.05) is 12.1 Å². The van der Waals surface area contributed by atoms with Crippen molar-refractivity contribution in [3.05, 3.63) is 29.8 Å². The standard InChI is InChI=1S/C13H17NO3/c1-9(15)14(4)11-7-5-10(6-8-11)13(2,3)12(16)17/h5-8H,1-4H3,(H,16,17). The molecule has 4 heteroatoms. The molecule has 0 heterocycles. The van der Waals surface area contributed by atoms with Gasteiger partial charge in [-0.15, -0.1) is 0 Å². The minimum absolute atomic E-state index is 0.0600. The lowest BCUT2D eigenvalue weighted by molar-refractivity contribution is -0.142. The molecule has 1 aromatic rings. The molecule has 4 nitrogen and oxygen atoms in total. The number of benzene rings is 1. The summed E-state index contributed by atoms with van der Waals surface area (Å²) < 4.78 is 0. The molecule has 0 atom stereocenters. The van der Waals surface area contributed by atoms with E-state index >= 15 is 0 Å². The summed E-state index contributed by atoms with van der Waals surface area (Å²) in [6.07, 6.45) is 0.